The molecule has 0 saturated carbocycles. The number of carbonyl (C=O) groups excluding carboxylic acids is 1. The number of nitrogens with one attached hydrogen (secondary N) is 1. The van der Waals surface area contributed by atoms with Crippen LogP contribution in [0.1, 0.15) is 0 Å². The first kappa shape index (κ1) is 21.0. The Hall–Kier alpha value is -3.29. The summed E-state index contributed by atoms with van der Waals surface area (Å²) in [7, 11) is 1.62. The van der Waals surface area contributed by atoms with Gasteiger partial charge < -0.3 is 10.1 Å². The van der Waals surface area contributed by atoms with Crippen LogP contribution in [0.15, 0.2) is 84.0 Å². The number of hydrogen-bond donors (Lipinski definition) is 1. The summed E-state index contributed by atoms with van der Waals surface area (Å²) in [5, 5.41) is 12.8. The average molecular weight is 451 g/mol. The minimum Gasteiger partial charge on any atom is -0.496 e. The summed E-state index contributed by atoms with van der Waals surface area (Å²) in [6, 6.07) is 24.5. The van der Waals surface area contributed by atoms with Crippen LogP contribution in [-0.4, -0.2) is 33.5 Å². The molecule has 0 radical (unpaired) electrons. The van der Waals surface area contributed by atoms with Gasteiger partial charge in [0.05, 0.1) is 18.4 Å². The molecule has 156 valence electrons. The standard InChI is InChI=1S/C23H19ClN4O2S/c1-30-20-13-6-5-12-19(20)22-26-27-23(28(22)18-10-3-2-4-11-18)31-15-21(29)25-17-9-7-8-16(24)14-17/h2-14H,15H2,1H3,(H,25,29). The Labute approximate surface area is 189 Å². The number of aromatic nitrogens is 3. The lowest BCUT2D eigenvalue weighted by Gasteiger charge is -2.12. The molecule has 31 heavy (non-hydrogen) atoms. The summed E-state index contributed by atoms with van der Waals surface area (Å²) in [4.78, 5) is 12.5. The molecule has 1 aromatic heterocycles. The first-order valence-electron chi connectivity index (χ1n) is 9.48. The highest BCUT2D eigenvalue weighted by atomic mass is 35.5. The number of anilines is 1. The molecule has 0 aliphatic heterocycles. The Morgan fingerprint density at radius 1 is 1.03 bits per heavy atom. The maximum absolute atomic E-state index is 12.5. The van der Waals surface area contributed by atoms with Crippen LogP contribution in [-0.2, 0) is 4.79 Å². The van der Waals surface area contributed by atoms with E-state index >= 15 is 0 Å². The number of rotatable bonds is 7. The number of para-hydroxylation sites is 2. The Balaban J connectivity index is 1.62. The minimum atomic E-state index is -0.159. The molecule has 8 heteroatoms. The van der Waals surface area contributed by atoms with E-state index in [2.05, 4.69) is 15.5 Å². The van der Waals surface area contributed by atoms with Crippen LogP contribution >= 0.6 is 23.4 Å². The van der Waals surface area contributed by atoms with Crippen molar-refractivity contribution < 1.29 is 9.53 Å². The van der Waals surface area contributed by atoms with Crippen molar-refractivity contribution in [1.82, 2.24) is 14.8 Å². The summed E-state index contributed by atoms with van der Waals surface area (Å²) in [5.74, 6) is 1.35. The highest BCUT2D eigenvalue weighted by molar-refractivity contribution is 7.99. The molecule has 4 aromatic rings. The van der Waals surface area contributed by atoms with Gasteiger partial charge in [-0.15, -0.1) is 10.2 Å². The van der Waals surface area contributed by atoms with Gasteiger partial charge in [-0.1, -0.05) is 59.8 Å². The second kappa shape index (κ2) is 9.68. The van der Waals surface area contributed by atoms with Crippen molar-refractivity contribution in [3.8, 4) is 22.8 Å². The number of carbonyl (C=O) groups is 1. The molecule has 0 bridgehead atoms. The van der Waals surface area contributed by atoms with Gasteiger partial charge in [0.1, 0.15) is 5.75 Å². The first-order valence-corrected chi connectivity index (χ1v) is 10.8. The zero-order chi connectivity index (χ0) is 21.6. The summed E-state index contributed by atoms with van der Waals surface area (Å²) in [6.07, 6.45) is 0. The molecule has 6 nitrogen and oxygen atoms in total. The van der Waals surface area contributed by atoms with Gasteiger partial charge in [-0.2, -0.15) is 0 Å². The highest BCUT2D eigenvalue weighted by Crippen LogP contribution is 2.33. The van der Waals surface area contributed by atoms with E-state index in [4.69, 9.17) is 16.3 Å². The van der Waals surface area contributed by atoms with Crippen LogP contribution < -0.4 is 10.1 Å². The van der Waals surface area contributed by atoms with Crippen LogP contribution in [0, 0.1) is 0 Å². The van der Waals surface area contributed by atoms with Gasteiger partial charge in [-0.05, 0) is 42.5 Å². The Kier molecular flexibility index (Phi) is 6.54. The van der Waals surface area contributed by atoms with Gasteiger partial charge in [0.15, 0.2) is 11.0 Å². The number of thioether (sulfide) groups is 1. The monoisotopic (exact) mass is 450 g/mol. The van der Waals surface area contributed by atoms with E-state index in [-0.39, 0.29) is 11.7 Å². The van der Waals surface area contributed by atoms with E-state index in [0.717, 1.165) is 11.3 Å². The molecule has 0 unspecified atom stereocenters. The normalized spacial score (nSPS) is 10.6. The summed E-state index contributed by atoms with van der Waals surface area (Å²) in [5.41, 5.74) is 2.36. The highest BCUT2D eigenvalue weighted by Gasteiger charge is 2.19. The van der Waals surface area contributed by atoms with E-state index in [0.29, 0.717) is 27.4 Å². The van der Waals surface area contributed by atoms with Crippen molar-refractivity contribution in [3.05, 3.63) is 83.9 Å². The minimum absolute atomic E-state index is 0.159. The Bertz CT molecular complexity index is 1200. The third-order valence-corrected chi connectivity index (χ3v) is 5.60. The van der Waals surface area contributed by atoms with E-state index < -0.39 is 0 Å². The number of benzene rings is 3. The van der Waals surface area contributed by atoms with Crippen molar-refractivity contribution in [1.29, 1.82) is 0 Å². The molecule has 0 saturated heterocycles. The molecular formula is C23H19ClN4O2S. The fourth-order valence-electron chi connectivity index (χ4n) is 3.07. The summed E-state index contributed by atoms with van der Waals surface area (Å²) >= 11 is 7.29. The number of ether oxygens (including phenoxy) is 1. The average Bonchev–Trinajstić information content (AvgIpc) is 3.22. The van der Waals surface area contributed by atoms with Gasteiger partial charge in [-0.3, -0.25) is 9.36 Å². The number of nitrogens with zero attached hydrogens (tertiary/aromatic N) is 3. The molecular weight excluding hydrogens is 432 g/mol. The van der Waals surface area contributed by atoms with Crippen molar-refractivity contribution in [2.45, 2.75) is 5.16 Å². The van der Waals surface area contributed by atoms with E-state index in [1.165, 1.54) is 11.8 Å². The fourth-order valence-corrected chi connectivity index (χ4v) is 4.01. The zero-order valence-corrected chi connectivity index (χ0v) is 18.2. The summed E-state index contributed by atoms with van der Waals surface area (Å²) in [6.45, 7) is 0. The third-order valence-electron chi connectivity index (χ3n) is 4.44. The van der Waals surface area contributed by atoms with Crippen LogP contribution in [0.25, 0.3) is 17.1 Å². The maximum atomic E-state index is 12.5. The molecule has 0 spiro atoms. The van der Waals surface area contributed by atoms with Crippen molar-refractivity contribution >= 4 is 35.0 Å². The molecule has 1 heterocycles. The molecule has 0 aliphatic carbocycles. The molecule has 3 aromatic carbocycles. The van der Waals surface area contributed by atoms with Crippen LogP contribution in [0.2, 0.25) is 5.02 Å². The topological polar surface area (TPSA) is 69.0 Å². The van der Waals surface area contributed by atoms with E-state index in [1.54, 1.807) is 31.4 Å². The van der Waals surface area contributed by atoms with Gasteiger partial charge in [0.25, 0.3) is 0 Å². The number of amides is 1. The second-order valence-corrected chi connectivity index (χ2v) is 7.90. The first-order chi connectivity index (χ1) is 15.2. The Morgan fingerprint density at radius 3 is 2.58 bits per heavy atom. The van der Waals surface area contributed by atoms with Crippen LogP contribution in [0.5, 0.6) is 5.75 Å². The van der Waals surface area contributed by atoms with E-state index in [9.17, 15) is 4.79 Å². The van der Waals surface area contributed by atoms with Crippen molar-refractivity contribution in [2.75, 3.05) is 18.2 Å². The van der Waals surface area contributed by atoms with Gasteiger partial charge in [0, 0.05) is 16.4 Å². The number of methoxy groups -OCH3 is 1. The lowest BCUT2D eigenvalue weighted by molar-refractivity contribution is -0.113. The predicted octanol–water partition coefficient (Wildman–Crippen LogP) is 5.33. The van der Waals surface area contributed by atoms with Crippen molar-refractivity contribution in [3.63, 3.8) is 0 Å². The smallest absolute Gasteiger partial charge is 0.234 e. The van der Waals surface area contributed by atoms with Crippen LogP contribution in [0.4, 0.5) is 5.69 Å². The number of hydrogen-bond acceptors (Lipinski definition) is 5. The van der Waals surface area contributed by atoms with Crippen LogP contribution in [0.3, 0.4) is 0 Å². The SMILES string of the molecule is COc1ccccc1-c1nnc(SCC(=O)Nc2cccc(Cl)c2)n1-c1ccccc1. The summed E-state index contributed by atoms with van der Waals surface area (Å²) < 4.78 is 7.44. The fraction of sp³-hybridized carbons (Fsp3) is 0.0870. The quantitative estimate of drug-likeness (QED) is 0.385. The molecule has 1 N–H and O–H groups in total. The van der Waals surface area contributed by atoms with Gasteiger partial charge >= 0.3 is 0 Å². The third kappa shape index (κ3) is 4.90. The molecule has 4 rings (SSSR count). The number of halogens is 1. The van der Waals surface area contributed by atoms with Gasteiger partial charge in [-0.25, -0.2) is 0 Å². The predicted molar refractivity (Wildman–Crippen MR) is 124 cm³/mol. The molecule has 0 atom stereocenters. The Morgan fingerprint density at radius 2 is 1.81 bits per heavy atom. The van der Waals surface area contributed by atoms with Gasteiger partial charge in [0.2, 0.25) is 5.91 Å². The largest absolute Gasteiger partial charge is 0.496 e. The van der Waals surface area contributed by atoms with Crippen molar-refractivity contribution in [2.24, 2.45) is 0 Å². The molecule has 1 amide bonds. The second-order valence-electron chi connectivity index (χ2n) is 6.52. The lowest BCUT2D eigenvalue weighted by atomic mass is 10.2. The molecule has 0 aliphatic rings. The maximum Gasteiger partial charge on any atom is 0.234 e. The zero-order valence-electron chi connectivity index (χ0n) is 16.7. The molecule has 0 fully saturated rings. The van der Waals surface area contributed by atoms with E-state index in [1.807, 2.05) is 59.2 Å². The lowest BCUT2D eigenvalue weighted by Crippen LogP contribution is -2.14.